The second-order valence-corrected chi connectivity index (χ2v) is 5.99. The van der Waals surface area contributed by atoms with Gasteiger partial charge in [-0.25, -0.2) is 4.98 Å². The molecule has 132 valence electrons. The summed E-state index contributed by atoms with van der Waals surface area (Å²) >= 11 is 0. The zero-order valence-corrected chi connectivity index (χ0v) is 14.6. The third-order valence-electron chi connectivity index (χ3n) is 3.99. The molecule has 2 heterocycles. The quantitative estimate of drug-likeness (QED) is 0.613. The molecule has 0 unspecified atom stereocenters. The molecular formula is C21H22N4O. The number of aromatic nitrogens is 2. The average molecular weight is 346 g/mol. The molecule has 26 heavy (non-hydrogen) atoms. The molecule has 5 heteroatoms. The van der Waals surface area contributed by atoms with E-state index in [1.165, 1.54) is 5.56 Å². The van der Waals surface area contributed by atoms with Crippen molar-refractivity contribution in [1.82, 2.24) is 15.3 Å². The fourth-order valence-electron chi connectivity index (χ4n) is 2.60. The number of carbonyl (C=O) groups is 1. The number of carbonyl (C=O) groups excluding carboxylic acids is 1. The van der Waals surface area contributed by atoms with Gasteiger partial charge in [-0.2, -0.15) is 0 Å². The highest BCUT2D eigenvalue weighted by Crippen LogP contribution is 2.09. The van der Waals surface area contributed by atoms with Gasteiger partial charge in [-0.15, -0.1) is 0 Å². The number of pyridine rings is 2. The lowest BCUT2D eigenvalue weighted by molar-refractivity contribution is 0.0953. The first-order valence-electron chi connectivity index (χ1n) is 8.72. The Balaban J connectivity index is 1.46. The van der Waals surface area contributed by atoms with Crippen LogP contribution in [0, 0.1) is 0 Å². The molecule has 0 aliphatic rings. The highest BCUT2D eigenvalue weighted by Gasteiger charge is 2.06. The highest BCUT2D eigenvalue weighted by atomic mass is 16.1. The Morgan fingerprint density at radius 1 is 0.962 bits per heavy atom. The topological polar surface area (TPSA) is 66.9 Å². The van der Waals surface area contributed by atoms with Gasteiger partial charge in [-0.05, 0) is 42.2 Å². The number of benzene rings is 1. The first-order chi connectivity index (χ1) is 12.8. The summed E-state index contributed by atoms with van der Waals surface area (Å²) in [5.41, 5.74) is 2.95. The monoisotopic (exact) mass is 346 g/mol. The highest BCUT2D eigenvalue weighted by molar-refractivity contribution is 5.94. The Morgan fingerprint density at radius 2 is 1.81 bits per heavy atom. The summed E-state index contributed by atoms with van der Waals surface area (Å²) in [5, 5.41) is 6.18. The van der Waals surface area contributed by atoms with Crippen molar-refractivity contribution in [3.05, 3.63) is 89.9 Å². The standard InChI is InChI=1S/C21H22N4O/c26-21(24-12-5-8-17-6-2-1-3-7-17)19-10-13-23-20(14-19)25-16-18-9-4-11-22-15-18/h1-4,6-7,9-11,13-15H,5,8,12,16H2,(H,23,25)(H,24,26). The Kier molecular flexibility index (Phi) is 6.31. The van der Waals surface area contributed by atoms with E-state index in [0.29, 0.717) is 24.5 Å². The maximum Gasteiger partial charge on any atom is 0.251 e. The first kappa shape index (κ1) is 17.6. The van der Waals surface area contributed by atoms with Crippen molar-refractivity contribution in [3.8, 4) is 0 Å². The molecule has 3 rings (SSSR count). The molecule has 2 N–H and O–H groups in total. The van der Waals surface area contributed by atoms with Gasteiger partial charge >= 0.3 is 0 Å². The summed E-state index contributed by atoms with van der Waals surface area (Å²) in [6.07, 6.45) is 7.05. The molecule has 0 aliphatic carbocycles. The van der Waals surface area contributed by atoms with Crippen LogP contribution >= 0.6 is 0 Å². The molecule has 0 saturated carbocycles. The van der Waals surface area contributed by atoms with Gasteiger partial charge in [0, 0.05) is 37.2 Å². The summed E-state index contributed by atoms with van der Waals surface area (Å²) in [4.78, 5) is 20.6. The van der Waals surface area contributed by atoms with Crippen LogP contribution in [0.15, 0.2) is 73.2 Å². The number of aryl methyl sites for hydroxylation is 1. The van der Waals surface area contributed by atoms with Gasteiger partial charge in [0.1, 0.15) is 5.82 Å². The molecule has 1 aromatic carbocycles. The van der Waals surface area contributed by atoms with Crippen molar-refractivity contribution in [2.75, 3.05) is 11.9 Å². The second kappa shape index (κ2) is 9.32. The predicted molar refractivity (Wildman–Crippen MR) is 103 cm³/mol. The molecule has 1 amide bonds. The van der Waals surface area contributed by atoms with Gasteiger partial charge in [0.25, 0.3) is 5.91 Å². The van der Waals surface area contributed by atoms with E-state index in [1.807, 2.05) is 30.3 Å². The molecule has 0 bridgehead atoms. The molecule has 0 fully saturated rings. The third-order valence-corrected chi connectivity index (χ3v) is 3.99. The number of amides is 1. The predicted octanol–water partition coefficient (Wildman–Crippen LogP) is 3.45. The Labute approximate surface area is 153 Å². The number of nitrogens with one attached hydrogen (secondary N) is 2. The minimum absolute atomic E-state index is 0.0788. The minimum Gasteiger partial charge on any atom is -0.366 e. The van der Waals surface area contributed by atoms with Gasteiger partial charge < -0.3 is 10.6 Å². The van der Waals surface area contributed by atoms with E-state index in [0.717, 1.165) is 18.4 Å². The van der Waals surface area contributed by atoms with Crippen LogP contribution in [0.1, 0.15) is 27.9 Å². The van der Waals surface area contributed by atoms with Gasteiger partial charge in [0.05, 0.1) is 0 Å². The van der Waals surface area contributed by atoms with E-state index in [-0.39, 0.29) is 5.91 Å². The second-order valence-electron chi connectivity index (χ2n) is 5.99. The Bertz CT molecular complexity index is 822. The molecule has 2 aromatic heterocycles. The zero-order chi connectivity index (χ0) is 18.0. The van der Waals surface area contributed by atoms with Gasteiger partial charge in [0.2, 0.25) is 0 Å². The minimum atomic E-state index is -0.0788. The first-order valence-corrected chi connectivity index (χ1v) is 8.72. The maximum atomic E-state index is 12.3. The average Bonchev–Trinajstić information content (AvgIpc) is 2.71. The lowest BCUT2D eigenvalue weighted by atomic mass is 10.1. The van der Waals surface area contributed by atoms with E-state index >= 15 is 0 Å². The van der Waals surface area contributed by atoms with Gasteiger partial charge in [0.15, 0.2) is 0 Å². The normalized spacial score (nSPS) is 10.3. The maximum absolute atomic E-state index is 12.3. The van der Waals surface area contributed by atoms with Crippen LogP contribution in [0.2, 0.25) is 0 Å². The fraction of sp³-hybridized carbons (Fsp3) is 0.190. The van der Waals surface area contributed by atoms with Crippen molar-refractivity contribution < 1.29 is 4.79 Å². The van der Waals surface area contributed by atoms with Crippen molar-refractivity contribution in [3.63, 3.8) is 0 Å². The van der Waals surface area contributed by atoms with E-state index < -0.39 is 0 Å². The van der Waals surface area contributed by atoms with E-state index in [1.54, 1.807) is 30.7 Å². The summed E-state index contributed by atoms with van der Waals surface area (Å²) in [6, 6.07) is 17.7. The van der Waals surface area contributed by atoms with Crippen LogP contribution in [0.3, 0.4) is 0 Å². The van der Waals surface area contributed by atoms with Crippen molar-refractivity contribution in [2.45, 2.75) is 19.4 Å². The van der Waals surface area contributed by atoms with Crippen molar-refractivity contribution in [2.24, 2.45) is 0 Å². The van der Waals surface area contributed by atoms with Gasteiger partial charge in [-0.1, -0.05) is 36.4 Å². The molecule has 0 saturated heterocycles. The number of hydrogen-bond acceptors (Lipinski definition) is 4. The van der Waals surface area contributed by atoms with E-state index in [2.05, 4.69) is 32.7 Å². The number of hydrogen-bond donors (Lipinski definition) is 2. The Hall–Kier alpha value is -3.21. The van der Waals surface area contributed by atoms with Crippen molar-refractivity contribution in [1.29, 1.82) is 0 Å². The van der Waals surface area contributed by atoms with E-state index in [4.69, 9.17) is 0 Å². The molecule has 5 nitrogen and oxygen atoms in total. The lowest BCUT2D eigenvalue weighted by Gasteiger charge is -2.08. The van der Waals surface area contributed by atoms with Crippen LogP contribution in [-0.2, 0) is 13.0 Å². The number of anilines is 1. The lowest BCUT2D eigenvalue weighted by Crippen LogP contribution is -2.25. The van der Waals surface area contributed by atoms with Crippen LogP contribution in [0.25, 0.3) is 0 Å². The molecule has 3 aromatic rings. The molecule has 0 spiro atoms. The number of nitrogens with zero attached hydrogens (tertiary/aromatic N) is 2. The summed E-state index contributed by atoms with van der Waals surface area (Å²) in [5.74, 6) is 0.593. The van der Waals surface area contributed by atoms with Crippen LogP contribution in [0.5, 0.6) is 0 Å². The van der Waals surface area contributed by atoms with Crippen LogP contribution in [0.4, 0.5) is 5.82 Å². The Morgan fingerprint density at radius 3 is 2.62 bits per heavy atom. The summed E-state index contributed by atoms with van der Waals surface area (Å²) < 4.78 is 0. The third kappa shape index (κ3) is 5.41. The summed E-state index contributed by atoms with van der Waals surface area (Å²) in [7, 11) is 0. The van der Waals surface area contributed by atoms with Crippen LogP contribution < -0.4 is 10.6 Å². The molecule has 0 atom stereocenters. The fourth-order valence-corrected chi connectivity index (χ4v) is 2.60. The zero-order valence-electron chi connectivity index (χ0n) is 14.6. The summed E-state index contributed by atoms with van der Waals surface area (Å²) in [6.45, 7) is 1.26. The van der Waals surface area contributed by atoms with Crippen LogP contribution in [-0.4, -0.2) is 22.4 Å². The smallest absolute Gasteiger partial charge is 0.251 e. The number of rotatable bonds is 8. The van der Waals surface area contributed by atoms with E-state index in [9.17, 15) is 4.79 Å². The van der Waals surface area contributed by atoms with Gasteiger partial charge in [-0.3, -0.25) is 9.78 Å². The van der Waals surface area contributed by atoms with Crippen molar-refractivity contribution >= 4 is 11.7 Å². The molecule has 0 aliphatic heterocycles. The molecular weight excluding hydrogens is 324 g/mol. The SMILES string of the molecule is O=C(NCCCc1ccccc1)c1ccnc(NCc2cccnc2)c1. The largest absolute Gasteiger partial charge is 0.366 e. The molecule has 0 radical (unpaired) electrons.